The predicted molar refractivity (Wildman–Crippen MR) is 92.0 cm³/mol. The van der Waals surface area contributed by atoms with Crippen molar-refractivity contribution in [2.24, 2.45) is 0 Å². The van der Waals surface area contributed by atoms with Gasteiger partial charge in [-0.2, -0.15) is 10.5 Å². The van der Waals surface area contributed by atoms with Crippen LogP contribution in [0.3, 0.4) is 0 Å². The summed E-state index contributed by atoms with van der Waals surface area (Å²) in [6.07, 6.45) is 0. The number of nitrogen functional groups attached to an aromatic ring is 1. The Bertz CT molecular complexity index is 866. The predicted octanol–water partition coefficient (Wildman–Crippen LogP) is 2.25. The smallest absolute Gasteiger partial charge is 0.289 e. The van der Waals surface area contributed by atoms with Gasteiger partial charge in [0.15, 0.2) is 5.03 Å². The van der Waals surface area contributed by atoms with Gasteiger partial charge in [0.1, 0.15) is 23.3 Å². The lowest BCUT2D eigenvalue weighted by Gasteiger charge is -2.12. The van der Waals surface area contributed by atoms with Crippen molar-refractivity contribution in [2.45, 2.75) is 24.1 Å². The molecule has 2 rings (SSSR count). The number of nitriles is 2. The molecule has 1 aromatic heterocycles. The molecule has 1 amide bonds. The van der Waals surface area contributed by atoms with Crippen molar-refractivity contribution in [1.82, 2.24) is 0 Å². The van der Waals surface area contributed by atoms with E-state index in [1.54, 1.807) is 6.92 Å². The Morgan fingerprint density at radius 2 is 2.00 bits per heavy atom. The molecule has 0 spiro atoms. The normalized spacial score (nSPS) is 11.2. The largest absolute Gasteiger partial charge is 0.325 e. The number of thioether (sulfide) groups is 1. The molecule has 120 valence electrons. The lowest BCUT2D eigenvalue weighted by molar-refractivity contribution is -0.410. The van der Waals surface area contributed by atoms with E-state index in [0.29, 0.717) is 5.03 Å². The van der Waals surface area contributed by atoms with E-state index in [9.17, 15) is 10.1 Å². The zero-order chi connectivity index (χ0) is 17.7. The van der Waals surface area contributed by atoms with Crippen LogP contribution in [0.5, 0.6) is 0 Å². The number of nitrogens with one attached hydrogen (secondary N) is 2. The molecule has 0 radical (unpaired) electrons. The molecule has 0 bridgehead atoms. The molecule has 1 atom stereocenters. The molecule has 0 aliphatic carbocycles. The summed E-state index contributed by atoms with van der Waals surface area (Å²) in [6.45, 7) is 3.68. The molecule has 0 unspecified atom stereocenters. The van der Waals surface area contributed by atoms with E-state index >= 15 is 0 Å². The number of nitrogens with zero attached hydrogens (tertiary/aromatic N) is 2. The van der Waals surface area contributed by atoms with Crippen LogP contribution in [0.15, 0.2) is 35.4 Å². The van der Waals surface area contributed by atoms with E-state index in [0.717, 1.165) is 11.3 Å². The second-order valence-electron chi connectivity index (χ2n) is 5.18. The average Bonchev–Trinajstić information content (AvgIpc) is 2.55. The lowest BCUT2D eigenvalue weighted by Crippen LogP contribution is -2.25. The van der Waals surface area contributed by atoms with E-state index in [1.807, 2.05) is 43.3 Å². The number of carbonyl (C=O) groups excluding carboxylic acids is 1. The lowest BCUT2D eigenvalue weighted by atomic mass is 10.2. The number of carbonyl (C=O) groups is 1. The number of anilines is 2. The minimum atomic E-state index is -0.457. The number of pyridine rings is 1. The van der Waals surface area contributed by atoms with Gasteiger partial charge >= 0.3 is 0 Å². The van der Waals surface area contributed by atoms with Gasteiger partial charge in [-0.3, -0.25) is 10.5 Å². The number of aromatic nitrogens is 1. The first-order chi connectivity index (χ1) is 11.4. The molecule has 24 heavy (non-hydrogen) atoms. The summed E-state index contributed by atoms with van der Waals surface area (Å²) >= 11 is 1.18. The molecule has 7 heteroatoms. The third-order valence-corrected chi connectivity index (χ3v) is 4.39. The van der Waals surface area contributed by atoms with Crippen molar-refractivity contribution >= 4 is 29.2 Å². The van der Waals surface area contributed by atoms with Crippen molar-refractivity contribution in [3.8, 4) is 12.1 Å². The maximum atomic E-state index is 12.3. The molecule has 0 aliphatic rings. The number of H-pyrrole nitrogens is 1. The van der Waals surface area contributed by atoms with Gasteiger partial charge in [0.2, 0.25) is 5.91 Å². The number of amides is 1. The van der Waals surface area contributed by atoms with E-state index < -0.39 is 5.25 Å². The topological polar surface area (TPSA) is 117 Å². The first-order valence-corrected chi connectivity index (χ1v) is 8.02. The van der Waals surface area contributed by atoms with Crippen LogP contribution in [0.2, 0.25) is 0 Å². The standard InChI is InChI=1S/C17H15N5OS/c1-10-4-3-5-14(6-10)21-16(23)11(2)24-17-13(9-19)7-12(8-18)15(20)22-17/h3-7,11H,1-2H3,(H2,20,22)(H,21,23)/p+1/t11-/m0/s1. The highest BCUT2D eigenvalue weighted by atomic mass is 32.2. The summed E-state index contributed by atoms with van der Waals surface area (Å²) < 4.78 is 0. The van der Waals surface area contributed by atoms with E-state index in [1.165, 1.54) is 17.8 Å². The Hall–Kier alpha value is -3.03. The minimum absolute atomic E-state index is 0.172. The fourth-order valence-corrected chi connectivity index (χ4v) is 2.93. The number of aryl methyl sites for hydroxylation is 1. The quantitative estimate of drug-likeness (QED) is 0.829. The first kappa shape index (κ1) is 17.3. The molecular formula is C17H16N5OS+. The summed E-state index contributed by atoms with van der Waals surface area (Å²) in [5.74, 6) is -0.0175. The summed E-state index contributed by atoms with van der Waals surface area (Å²) in [6, 6.07) is 12.8. The van der Waals surface area contributed by atoms with Crippen LogP contribution < -0.4 is 16.0 Å². The number of hydrogen-bond acceptors (Lipinski definition) is 5. The molecular weight excluding hydrogens is 322 g/mol. The van der Waals surface area contributed by atoms with Crippen LogP contribution in [0.1, 0.15) is 23.6 Å². The minimum Gasteiger partial charge on any atom is -0.325 e. The van der Waals surface area contributed by atoms with Gasteiger partial charge in [0, 0.05) is 5.69 Å². The molecule has 6 nitrogen and oxygen atoms in total. The maximum Gasteiger partial charge on any atom is 0.289 e. The highest BCUT2D eigenvalue weighted by molar-refractivity contribution is 8.00. The summed E-state index contributed by atoms with van der Waals surface area (Å²) in [5.41, 5.74) is 7.99. The second kappa shape index (κ2) is 7.49. The summed E-state index contributed by atoms with van der Waals surface area (Å²) in [5, 5.41) is 21.0. The van der Waals surface area contributed by atoms with Crippen molar-refractivity contribution in [3.05, 3.63) is 47.0 Å². The van der Waals surface area contributed by atoms with Crippen LogP contribution in [0.25, 0.3) is 0 Å². The van der Waals surface area contributed by atoms with Gasteiger partial charge in [-0.15, -0.1) is 0 Å². The zero-order valence-corrected chi connectivity index (χ0v) is 14.1. The monoisotopic (exact) mass is 338 g/mol. The van der Waals surface area contributed by atoms with Crippen LogP contribution in [-0.2, 0) is 4.79 Å². The van der Waals surface area contributed by atoms with Gasteiger partial charge in [0.05, 0.1) is 5.25 Å². The molecule has 0 aliphatic heterocycles. The van der Waals surface area contributed by atoms with Gasteiger partial charge in [-0.05, 0) is 37.6 Å². The van der Waals surface area contributed by atoms with Gasteiger partial charge in [-0.25, -0.2) is 4.98 Å². The van der Waals surface area contributed by atoms with Crippen molar-refractivity contribution < 1.29 is 9.78 Å². The number of rotatable bonds is 4. The summed E-state index contributed by atoms with van der Waals surface area (Å²) in [7, 11) is 0. The highest BCUT2D eigenvalue weighted by Gasteiger charge is 2.21. The highest BCUT2D eigenvalue weighted by Crippen LogP contribution is 2.25. The second-order valence-corrected chi connectivity index (χ2v) is 6.53. The van der Waals surface area contributed by atoms with Crippen LogP contribution in [0.4, 0.5) is 11.5 Å². The van der Waals surface area contributed by atoms with Gasteiger partial charge in [0.25, 0.3) is 5.82 Å². The zero-order valence-electron chi connectivity index (χ0n) is 13.3. The summed E-state index contributed by atoms with van der Waals surface area (Å²) in [4.78, 5) is 15.1. The molecule has 0 fully saturated rings. The molecule has 1 aromatic carbocycles. The van der Waals surface area contributed by atoms with E-state index in [2.05, 4.69) is 10.3 Å². The van der Waals surface area contributed by atoms with E-state index in [-0.39, 0.29) is 22.9 Å². The Morgan fingerprint density at radius 3 is 2.62 bits per heavy atom. The van der Waals surface area contributed by atoms with Crippen LogP contribution >= 0.6 is 11.8 Å². The van der Waals surface area contributed by atoms with Crippen molar-refractivity contribution in [3.63, 3.8) is 0 Å². The first-order valence-electron chi connectivity index (χ1n) is 7.14. The molecule has 4 N–H and O–H groups in total. The molecule has 0 saturated heterocycles. The van der Waals surface area contributed by atoms with E-state index in [4.69, 9.17) is 11.0 Å². The molecule has 0 saturated carbocycles. The maximum absolute atomic E-state index is 12.3. The van der Waals surface area contributed by atoms with Crippen molar-refractivity contribution in [2.75, 3.05) is 11.1 Å². The molecule has 2 aromatic rings. The third kappa shape index (κ3) is 4.03. The Balaban J connectivity index is 2.16. The van der Waals surface area contributed by atoms with Crippen molar-refractivity contribution in [1.29, 1.82) is 10.5 Å². The number of nitrogens with two attached hydrogens (primary N) is 1. The Kier molecular flexibility index (Phi) is 5.41. The number of hydrogen-bond donors (Lipinski definition) is 2. The van der Waals surface area contributed by atoms with Crippen LogP contribution in [0, 0.1) is 29.6 Å². The number of benzene rings is 1. The SMILES string of the molecule is Cc1cccc(NC(=O)[C@H](C)Sc2[nH+]c(N)c(C#N)cc2C#N)c1. The Morgan fingerprint density at radius 1 is 1.29 bits per heavy atom. The fourth-order valence-electron chi connectivity index (χ4n) is 2.01. The molecule has 1 heterocycles. The average molecular weight is 338 g/mol. The fraction of sp³-hybridized carbons (Fsp3) is 0.176. The van der Waals surface area contributed by atoms with Gasteiger partial charge in [-0.1, -0.05) is 23.9 Å². The van der Waals surface area contributed by atoms with Crippen LogP contribution in [-0.4, -0.2) is 11.2 Å². The van der Waals surface area contributed by atoms with Gasteiger partial charge < -0.3 is 5.32 Å². The third-order valence-electron chi connectivity index (χ3n) is 3.26. The Labute approximate surface area is 144 Å². The number of aromatic amines is 1.